The molecule has 0 aliphatic rings. The van der Waals surface area contributed by atoms with Crippen molar-refractivity contribution in [1.29, 1.82) is 0 Å². The van der Waals surface area contributed by atoms with Crippen LogP contribution in [0.4, 0.5) is 5.69 Å². The van der Waals surface area contributed by atoms with Gasteiger partial charge in [0, 0.05) is 25.1 Å². The predicted molar refractivity (Wildman–Crippen MR) is 74.9 cm³/mol. The number of hydrogen-bond acceptors (Lipinski definition) is 4. The Bertz CT molecular complexity index is 409. The summed E-state index contributed by atoms with van der Waals surface area (Å²) in [6, 6.07) is 5.58. The minimum atomic E-state index is -0.884. The molecule has 1 aromatic rings. The number of methoxy groups -OCH3 is 1. The summed E-state index contributed by atoms with van der Waals surface area (Å²) < 4.78 is 5.06. The van der Waals surface area contributed by atoms with Crippen molar-refractivity contribution < 1.29 is 14.6 Å². The summed E-state index contributed by atoms with van der Waals surface area (Å²) in [5, 5.41) is 9.38. The number of carbonyl (C=O) groups is 1. The van der Waals surface area contributed by atoms with Gasteiger partial charge in [0.2, 0.25) is 0 Å². The molecule has 4 nitrogen and oxygen atoms in total. The highest BCUT2D eigenvalue weighted by molar-refractivity contribution is 7.98. The summed E-state index contributed by atoms with van der Waals surface area (Å²) in [6.07, 6.45) is 1.89. The maximum absolute atomic E-state index is 11.4. The van der Waals surface area contributed by atoms with Gasteiger partial charge in [0.05, 0.1) is 17.9 Å². The standard InChI is InChI=1S/C13H19NO3S/c1-4-14(8-9-17-2)10-6-5-7-11(18-3)12(10)13(15)16/h5-7H,4,8-9H2,1-3H3,(H,15,16). The Kier molecular flexibility index (Phi) is 6.01. The van der Waals surface area contributed by atoms with E-state index in [4.69, 9.17) is 4.74 Å². The fourth-order valence-corrected chi connectivity index (χ4v) is 2.43. The van der Waals surface area contributed by atoms with Crippen LogP contribution in [-0.4, -0.2) is 44.1 Å². The lowest BCUT2D eigenvalue weighted by molar-refractivity contribution is 0.0693. The smallest absolute Gasteiger partial charge is 0.338 e. The maximum atomic E-state index is 11.4. The van der Waals surface area contributed by atoms with E-state index in [2.05, 4.69) is 0 Å². The molecule has 0 bridgehead atoms. The minimum absolute atomic E-state index is 0.378. The first-order valence-electron chi connectivity index (χ1n) is 5.79. The second-order valence-corrected chi connectivity index (χ2v) is 4.58. The van der Waals surface area contributed by atoms with Crippen LogP contribution < -0.4 is 4.90 Å². The summed E-state index contributed by atoms with van der Waals surface area (Å²) in [7, 11) is 1.64. The second-order valence-electron chi connectivity index (χ2n) is 3.73. The maximum Gasteiger partial charge on any atom is 0.338 e. The fourth-order valence-electron chi connectivity index (χ4n) is 1.82. The van der Waals surface area contributed by atoms with E-state index in [1.807, 2.05) is 36.3 Å². The van der Waals surface area contributed by atoms with Gasteiger partial charge in [-0.25, -0.2) is 4.79 Å². The van der Waals surface area contributed by atoms with Crippen LogP contribution in [0.3, 0.4) is 0 Å². The molecular weight excluding hydrogens is 250 g/mol. The van der Waals surface area contributed by atoms with Crippen LogP contribution in [0.1, 0.15) is 17.3 Å². The molecule has 0 aliphatic carbocycles. The number of anilines is 1. The molecule has 1 N–H and O–H groups in total. The van der Waals surface area contributed by atoms with Crippen molar-refractivity contribution in [3.8, 4) is 0 Å². The number of benzene rings is 1. The molecule has 0 aliphatic heterocycles. The van der Waals surface area contributed by atoms with E-state index in [9.17, 15) is 9.90 Å². The van der Waals surface area contributed by atoms with Gasteiger partial charge >= 0.3 is 5.97 Å². The molecule has 0 radical (unpaired) electrons. The van der Waals surface area contributed by atoms with Crippen molar-refractivity contribution in [3.63, 3.8) is 0 Å². The van der Waals surface area contributed by atoms with Crippen molar-refractivity contribution in [2.75, 3.05) is 38.0 Å². The normalized spacial score (nSPS) is 10.4. The highest BCUT2D eigenvalue weighted by Crippen LogP contribution is 2.29. The molecule has 0 saturated carbocycles. The Hall–Kier alpha value is -1.20. The van der Waals surface area contributed by atoms with Gasteiger partial charge in [-0.3, -0.25) is 0 Å². The number of thioether (sulfide) groups is 1. The van der Waals surface area contributed by atoms with Crippen molar-refractivity contribution in [1.82, 2.24) is 0 Å². The van der Waals surface area contributed by atoms with Gasteiger partial charge in [0.25, 0.3) is 0 Å². The van der Waals surface area contributed by atoms with Gasteiger partial charge < -0.3 is 14.7 Å². The third-order valence-corrected chi connectivity index (χ3v) is 3.51. The monoisotopic (exact) mass is 269 g/mol. The molecule has 1 rings (SSSR count). The van der Waals surface area contributed by atoms with Gasteiger partial charge in [0.1, 0.15) is 0 Å². The van der Waals surface area contributed by atoms with Gasteiger partial charge in [-0.2, -0.15) is 0 Å². The number of ether oxygens (including phenoxy) is 1. The SMILES string of the molecule is CCN(CCOC)c1cccc(SC)c1C(=O)O. The van der Waals surface area contributed by atoms with Crippen LogP contribution in [0, 0.1) is 0 Å². The summed E-state index contributed by atoms with van der Waals surface area (Å²) in [5.41, 5.74) is 1.14. The predicted octanol–water partition coefficient (Wildman–Crippen LogP) is 2.58. The summed E-state index contributed by atoms with van der Waals surface area (Å²) in [5.74, 6) is -0.884. The van der Waals surface area contributed by atoms with Crippen LogP contribution in [0.2, 0.25) is 0 Å². The van der Waals surface area contributed by atoms with Crippen LogP contribution in [0.15, 0.2) is 23.1 Å². The number of carboxylic acids is 1. The Morgan fingerprint density at radius 2 is 2.22 bits per heavy atom. The Labute approximate surface area is 112 Å². The second kappa shape index (κ2) is 7.28. The van der Waals surface area contributed by atoms with Gasteiger partial charge in [-0.1, -0.05) is 6.07 Å². The molecular formula is C13H19NO3S. The van der Waals surface area contributed by atoms with Crippen LogP contribution in [0.5, 0.6) is 0 Å². The molecule has 5 heteroatoms. The van der Waals surface area contributed by atoms with Crippen molar-refractivity contribution in [3.05, 3.63) is 23.8 Å². The molecule has 18 heavy (non-hydrogen) atoms. The summed E-state index contributed by atoms with van der Waals surface area (Å²) in [6.45, 7) is 4.02. The third kappa shape index (κ3) is 3.40. The van der Waals surface area contributed by atoms with E-state index in [0.717, 1.165) is 17.1 Å². The first-order valence-corrected chi connectivity index (χ1v) is 7.02. The van der Waals surface area contributed by atoms with E-state index in [1.54, 1.807) is 7.11 Å². The molecule has 100 valence electrons. The first kappa shape index (κ1) is 14.9. The fraction of sp³-hybridized carbons (Fsp3) is 0.462. The summed E-state index contributed by atoms with van der Waals surface area (Å²) >= 11 is 1.45. The molecule has 1 aromatic carbocycles. The quantitative estimate of drug-likeness (QED) is 0.771. The molecule has 0 heterocycles. The van der Waals surface area contributed by atoms with E-state index >= 15 is 0 Å². The largest absolute Gasteiger partial charge is 0.478 e. The summed E-state index contributed by atoms with van der Waals surface area (Å²) in [4.78, 5) is 14.2. The molecule has 0 saturated heterocycles. The highest BCUT2D eigenvalue weighted by atomic mass is 32.2. The molecule has 0 spiro atoms. The molecule has 0 aromatic heterocycles. The minimum Gasteiger partial charge on any atom is -0.478 e. The molecule has 0 unspecified atom stereocenters. The van der Waals surface area contributed by atoms with E-state index < -0.39 is 5.97 Å². The van der Waals surface area contributed by atoms with Crippen molar-refractivity contribution in [2.24, 2.45) is 0 Å². The topological polar surface area (TPSA) is 49.8 Å². The highest BCUT2D eigenvalue weighted by Gasteiger charge is 2.18. The lowest BCUT2D eigenvalue weighted by Crippen LogP contribution is -2.28. The van der Waals surface area contributed by atoms with Crippen LogP contribution in [0.25, 0.3) is 0 Å². The number of likely N-dealkylation sites (N-methyl/N-ethyl adjacent to an activating group) is 1. The Morgan fingerprint density at radius 3 is 2.72 bits per heavy atom. The van der Waals surface area contributed by atoms with Gasteiger partial charge in [-0.05, 0) is 25.3 Å². The number of rotatable bonds is 7. The zero-order valence-corrected chi connectivity index (χ0v) is 11.8. The number of aromatic carboxylic acids is 1. The van der Waals surface area contributed by atoms with Gasteiger partial charge in [-0.15, -0.1) is 11.8 Å². The lowest BCUT2D eigenvalue weighted by Gasteiger charge is -2.25. The molecule has 0 atom stereocenters. The van der Waals surface area contributed by atoms with Crippen molar-refractivity contribution in [2.45, 2.75) is 11.8 Å². The van der Waals surface area contributed by atoms with Crippen LogP contribution >= 0.6 is 11.8 Å². The van der Waals surface area contributed by atoms with Crippen molar-refractivity contribution >= 4 is 23.4 Å². The first-order chi connectivity index (χ1) is 8.65. The zero-order valence-electron chi connectivity index (χ0n) is 11.0. The number of hydrogen-bond donors (Lipinski definition) is 1. The van der Waals surface area contributed by atoms with E-state index in [0.29, 0.717) is 18.7 Å². The Balaban J connectivity index is 3.16. The zero-order chi connectivity index (χ0) is 13.5. The Morgan fingerprint density at radius 1 is 1.50 bits per heavy atom. The van der Waals surface area contributed by atoms with E-state index in [1.165, 1.54) is 11.8 Å². The third-order valence-electron chi connectivity index (χ3n) is 2.73. The lowest BCUT2D eigenvalue weighted by atomic mass is 10.1. The van der Waals surface area contributed by atoms with E-state index in [-0.39, 0.29) is 0 Å². The number of carboxylic acid groups (broad SMARTS) is 1. The average molecular weight is 269 g/mol. The van der Waals surface area contributed by atoms with Gasteiger partial charge in [0.15, 0.2) is 0 Å². The number of nitrogens with zero attached hydrogens (tertiary/aromatic N) is 1. The molecule has 0 fully saturated rings. The average Bonchev–Trinajstić information content (AvgIpc) is 2.38. The molecule has 0 amide bonds. The van der Waals surface area contributed by atoms with Crippen LogP contribution in [-0.2, 0) is 4.74 Å².